The molecule has 0 aromatic heterocycles. The number of methoxy groups -OCH3 is 2. The Bertz CT molecular complexity index is 473. The smallest absolute Gasteiger partial charge is 0.383 e. The van der Waals surface area contributed by atoms with E-state index in [1.165, 1.54) is 77.0 Å². The van der Waals surface area contributed by atoms with E-state index < -0.39 is 7.44 Å². The van der Waals surface area contributed by atoms with Crippen molar-refractivity contribution < 1.29 is 26.5 Å². The fraction of sp³-hybridized carbons (Fsp3) is 1.00. The summed E-state index contributed by atoms with van der Waals surface area (Å²) in [6, 6.07) is 0.928. The predicted octanol–water partition coefficient (Wildman–Crippen LogP) is 4.84. The van der Waals surface area contributed by atoms with Crippen molar-refractivity contribution in [1.29, 1.82) is 0 Å². The van der Waals surface area contributed by atoms with E-state index in [1.54, 1.807) is 0 Å². The standard InChI is InChI=1S/C18H34B2N2O2P.C5H10.Fe/c1-23-13-16-7-4-10-21(16)25(20,18-9-3-6-15(18)12-19)22-11-5-8-17(22)14-24-2;1-2-4-5-3-1;/h15-18H,3-14H2,1-2H3;1-5H2;/q+1;;/t15?,16-,17-,18?;;/m0../s1. The van der Waals surface area contributed by atoms with Gasteiger partial charge in [-0.15, -0.1) is 0 Å². The van der Waals surface area contributed by atoms with Gasteiger partial charge in [-0.2, -0.15) is 9.34 Å². The topological polar surface area (TPSA) is 24.9 Å². The van der Waals surface area contributed by atoms with E-state index in [1.807, 2.05) is 14.2 Å². The summed E-state index contributed by atoms with van der Waals surface area (Å²) < 4.78 is 16.5. The summed E-state index contributed by atoms with van der Waals surface area (Å²) in [5, 5.41) is 0. The van der Waals surface area contributed by atoms with Gasteiger partial charge in [-0.3, -0.25) is 0 Å². The van der Waals surface area contributed by atoms with Crippen LogP contribution in [0, 0.1) is 5.92 Å². The zero-order chi connectivity index (χ0) is 21.4. The van der Waals surface area contributed by atoms with Crippen LogP contribution in [0.5, 0.6) is 0 Å². The van der Waals surface area contributed by atoms with E-state index in [2.05, 4.69) is 9.34 Å². The average molecular weight is 489 g/mol. The molecule has 4 rings (SSSR count). The quantitative estimate of drug-likeness (QED) is 0.360. The number of hydrogen-bond acceptors (Lipinski definition) is 4. The molecule has 0 spiro atoms. The van der Waals surface area contributed by atoms with Gasteiger partial charge in [0.25, 0.3) is 0 Å². The molecule has 8 heteroatoms. The van der Waals surface area contributed by atoms with Crippen molar-refractivity contribution in [1.82, 2.24) is 9.34 Å². The third-order valence-electron chi connectivity index (χ3n) is 7.89. The summed E-state index contributed by atoms with van der Waals surface area (Å²) >= 11 is 0. The van der Waals surface area contributed by atoms with Crippen LogP contribution in [0.2, 0.25) is 6.32 Å². The molecule has 4 radical (unpaired) electrons. The largest absolute Gasteiger partial charge is 0.409 e. The van der Waals surface area contributed by atoms with E-state index in [-0.39, 0.29) is 17.1 Å². The molecule has 31 heavy (non-hydrogen) atoms. The van der Waals surface area contributed by atoms with Crippen molar-refractivity contribution in [3.63, 3.8) is 0 Å². The van der Waals surface area contributed by atoms with Crippen LogP contribution >= 0.6 is 7.44 Å². The monoisotopic (exact) mass is 489 g/mol. The molecule has 2 saturated carbocycles. The van der Waals surface area contributed by atoms with E-state index >= 15 is 0 Å². The van der Waals surface area contributed by atoms with Crippen molar-refractivity contribution in [3.8, 4) is 0 Å². The minimum atomic E-state index is -1.93. The second kappa shape index (κ2) is 14.3. The second-order valence-corrected chi connectivity index (χ2v) is 12.9. The number of rotatable bonds is 8. The molecule has 176 valence electrons. The van der Waals surface area contributed by atoms with Crippen LogP contribution in [0.15, 0.2) is 0 Å². The molecule has 2 heterocycles. The SMILES string of the molecule is C1CCCC1.[B]CC1CCCC1[P+]([B])(N1CCC[C@H]1COC)N1CCC[C@H]1COC.[Fe]. The number of hydrogen-bond donors (Lipinski definition) is 0. The Balaban J connectivity index is 0.000000501. The summed E-state index contributed by atoms with van der Waals surface area (Å²) in [5.41, 5.74) is 0.549. The van der Waals surface area contributed by atoms with Gasteiger partial charge in [0.15, 0.2) is 0 Å². The zero-order valence-corrected chi connectivity index (χ0v) is 22.0. The van der Waals surface area contributed by atoms with Gasteiger partial charge in [0.1, 0.15) is 7.44 Å². The first-order chi connectivity index (χ1) is 14.7. The third-order valence-corrected chi connectivity index (χ3v) is 12.2. The average Bonchev–Trinajstić information content (AvgIpc) is 3.56. The molecule has 0 N–H and O–H groups in total. The second-order valence-electron chi connectivity index (χ2n) is 9.79. The van der Waals surface area contributed by atoms with Gasteiger partial charge in [0, 0.05) is 44.4 Å². The Morgan fingerprint density at radius 2 is 1.23 bits per heavy atom. The zero-order valence-electron chi connectivity index (χ0n) is 20.0. The Hall–Kier alpha value is 0.919. The summed E-state index contributed by atoms with van der Waals surface area (Å²) in [6.07, 6.45) is 16.9. The first-order valence-corrected chi connectivity index (χ1v) is 14.4. The maximum Gasteiger partial charge on any atom is 0.409 e. The minimum Gasteiger partial charge on any atom is -0.383 e. The molecular formula is C23H44B2FeN2O2P+. The van der Waals surface area contributed by atoms with Crippen LogP contribution in [0.4, 0.5) is 0 Å². The summed E-state index contributed by atoms with van der Waals surface area (Å²) in [4.78, 5) is 0. The molecule has 0 aromatic rings. The van der Waals surface area contributed by atoms with Crippen LogP contribution in [0.3, 0.4) is 0 Å². The first-order valence-electron chi connectivity index (χ1n) is 12.6. The molecule has 0 aromatic carbocycles. The van der Waals surface area contributed by atoms with Gasteiger partial charge < -0.3 is 9.47 Å². The van der Waals surface area contributed by atoms with Crippen LogP contribution in [0.25, 0.3) is 0 Å². The van der Waals surface area contributed by atoms with Gasteiger partial charge in [0.05, 0.1) is 38.8 Å². The molecule has 0 amide bonds. The first kappa shape index (κ1) is 28.2. The molecule has 0 bridgehead atoms. The van der Waals surface area contributed by atoms with E-state index in [4.69, 9.17) is 24.9 Å². The molecule has 4 aliphatic rings. The van der Waals surface area contributed by atoms with Crippen molar-refractivity contribution >= 4 is 22.9 Å². The minimum absolute atomic E-state index is 0. The third kappa shape index (κ3) is 6.74. The van der Waals surface area contributed by atoms with E-state index in [9.17, 15) is 0 Å². The normalized spacial score (nSPS) is 32.1. The van der Waals surface area contributed by atoms with Crippen molar-refractivity contribution in [3.05, 3.63) is 0 Å². The Morgan fingerprint density at radius 1 is 0.742 bits per heavy atom. The molecular weight excluding hydrogens is 445 g/mol. The molecule has 2 saturated heterocycles. The van der Waals surface area contributed by atoms with Crippen LogP contribution < -0.4 is 0 Å². The summed E-state index contributed by atoms with van der Waals surface area (Å²) in [7, 11) is 15.4. The Labute approximate surface area is 206 Å². The molecule has 4 fully saturated rings. The molecule has 4 atom stereocenters. The fourth-order valence-corrected chi connectivity index (χ4v) is 11.3. The molecule has 2 aliphatic heterocycles. The van der Waals surface area contributed by atoms with Gasteiger partial charge in [0.2, 0.25) is 0 Å². The maximum absolute atomic E-state index is 7.52. The predicted molar refractivity (Wildman–Crippen MR) is 131 cm³/mol. The van der Waals surface area contributed by atoms with Gasteiger partial charge in [-0.05, 0) is 50.9 Å². The Kier molecular flexibility index (Phi) is 13.0. The molecule has 2 aliphatic carbocycles. The number of ether oxygens (including phenoxy) is 2. The van der Waals surface area contributed by atoms with Gasteiger partial charge in [-0.25, -0.2) is 0 Å². The maximum atomic E-state index is 7.52. The fourth-order valence-electron chi connectivity index (χ4n) is 6.41. The van der Waals surface area contributed by atoms with E-state index in [0.29, 0.717) is 23.7 Å². The number of nitrogens with zero attached hydrogens (tertiary/aromatic N) is 2. The van der Waals surface area contributed by atoms with E-state index in [0.717, 1.165) is 32.6 Å². The van der Waals surface area contributed by atoms with Crippen molar-refractivity contribution in [2.45, 2.75) is 101 Å². The van der Waals surface area contributed by atoms with Crippen molar-refractivity contribution in [2.24, 2.45) is 5.92 Å². The summed E-state index contributed by atoms with van der Waals surface area (Å²) in [6.45, 7) is 3.81. The van der Waals surface area contributed by atoms with Crippen LogP contribution in [-0.2, 0) is 26.5 Å². The molecule has 2 unspecified atom stereocenters. The van der Waals surface area contributed by atoms with Crippen molar-refractivity contribution in [2.75, 3.05) is 40.5 Å². The summed E-state index contributed by atoms with van der Waals surface area (Å²) in [5.74, 6) is 0.575. The van der Waals surface area contributed by atoms with Gasteiger partial charge >= 0.3 is 7.57 Å². The van der Waals surface area contributed by atoms with Crippen LogP contribution in [-0.4, -0.2) is 83.0 Å². The Morgan fingerprint density at radius 3 is 1.65 bits per heavy atom. The molecule has 4 nitrogen and oxygen atoms in total. The van der Waals surface area contributed by atoms with Crippen LogP contribution in [0.1, 0.15) is 77.0 Å². The van der Waals surface area contributed by atoms with Gasteiger partial charge in [-0.1, -0.05) is 38.4 Å².